The van der Waals surface area contributed by atoms with E-state index < -0.39 is 15.9 Å². The smallest absolute Gasteiger partial charge is 0.191 e. The molecule has 1 aromatic heterocycles. The molecule has 2 aromatic rings. The normalized spacial score (nSPS) is 23.7. The second-order valence-electron chi connectivity index (χ2n) is 5.22. The van der Waals surface area contributed by atoms with Gasteiger partial charge in [0, 0.05) is 12.1 Å². The third kappa shape index (κ3) is 3.04. The first-order chi connectivity index (χ1) is 10.5. The van der Waals surface area contributed by atoms with E-state index in [4.69, 9.17) is 0 Å². The minimum Gasteiger partial charge on any atom is -0.391 e. The zero-order chi connectivity index (χ0) is 15.7. The number of thioether (sulfide) groups is 1. The van der Waals surface area contributed by atoms with Gasteiger partial charge in [0.2, 0.25) is 0 Å². The Morgan fingerprint density at radius 2 is 2.00 bits per heavy atom. The molecule has 1 aromatic carbocycles. The van der Waals surface area contributed by atoms with Crippen LogP contribution in [0, 0.1) is 0 Å². The molecule has 2 heterocycles. The Balaban J connectivity index is 1.88. The molecule has 0 bridgehead atoms. The Labute approximate surface area is 133 Å². The summed E-state index contributed by atoms with van der Waals surface area (Å²) in [6.45, 7) is 2.66. The molecule has 6 nitrogen and oxygen atoms in total. The maximum absolute atomic E-state index is 11.6. The average Bonchev–Trinajstić information content (AvgIpc) is 3.00. The van der Waals surface area contributed by atoms with Gasteiger partial charge in [-0.3, -0.25) is 0 Å². The first kappa shape index (κ1) is 15.5. The summed E-state index contributed by atoms with van der Waals surface area (Å²) in [6, 6.07) is 9.72. The van der Waals surface area contributed by atoms with Crippen molar-refractivity contribution < 1.29 is 13.5 Å². The van der Waals surface area contributed by atoms with Crippen LogP contribution in [0.1, 0.15) is 6.92 Å². The SMILES string of the molecule is CCn1c(S[C@@H]2CS(=O)(=O)C[C@@H]2O)nnc1-c1ccccc1. The van der Waals surface area contributed by atoms with Crippen LogP contribution >= 0.6 is 11.8 Å². The lowest BCUT2D eigenvalue weighted by molar-refractivity contribution is 0.207. The summed E-state index contributed by atoms with van der Waals surface area (Å²) in [4.78, 5) is 0. The molecule has 3 rings (SSSR count). The molecule has 8 heteroatoms. The molecule has 1 fully saturated rings. The van der Waals surface area contributed by atoms with E-state index in [9.17, 15) is 13.5 Å². The lowest BCUT2D eigenvalue weighted by Crippen LogP contribution is -2.20. The lowest BCUT2D eigenvalue weighted by Gasteiger charge is -2.12. The quantitative estimate of drug-likeness (QED) is 0.901. The maximum Gasteiger partial charge on any atom is 0.191 e. The molecule has 1 saturated heterocycles. The molecule has 0 radical (unpaired) electrons. The summed E-state index contributed by atoms with van der Waals surface area (Å²) in [6.07, 6.45) is -0.850. The molecule has 1 aliphatic rings. The fraction of sp³-hybridized carbons (Fsp3) is 0.429. The Morgan fingerprint density at radius 1 is 1.27 bits per heavy atom. The minimum absolute atomic E-state index is 0.0178. The van der Waals surface area contributed by atoms with Crippen LogP contribution in [0.2, 0.25) is 0 Å². The van der Waals surface area contributed by atoms with Gasteiger partial charge >= 0.3 is 0 Å². The first-order valence-corrected chi connectivity index (χ1v) is 9.74. The summed E-state index contributed by atoms with van der Waals surface area (Å²) in [5.74, 6) is 0.563. The number of benzene rings is 1. The fourth-order valence-corrected chi connectivity index (χ4v) is 6.09. The number of rotatable bonds is 4. The number of sulfone groups is 1. The van der Waals surface area contributed by atoms with Crippen molar-refractivity contribution in [3.8, 4) is 11.4 Å². The summed E-state index contributed by atoms with van der Waals surface area (Å²) in [7, 11) is -3.16. The van der Waals surface area contributed by atoms with Crippen LogP contribution in [0.15, 0.2) is 35.5 Å². The second-order valence-corrected chi connectivity index (χ2v) is 8.58. The molecule has 22 heavy (non-hydrogen) atoms. The maximum atomic E-state index is 11.6. The van der Waals surface area contributed by atoms with E-state index in [1.807, 2.05) is 41.8 Å². The number of nitrogens with zero attached hydrogens (tertiary/aromatic N) is 3. The van der Waals surface area contributed by atoms with E-state index in [0.29, 0.717) is 11.7 Å². The monoisotopic (exact) mass is 339 g/mol. The zero-order valence-corrected chi connectivity index (χ0v) is 13.7. The number of aliphatic hydroxyl groups is 1. The molecule has 1 aliphatic heterocycles. The number of aromatic nitrogens is 3. The van der Waals surface area contributed by atoms with Gasteiger partial charge in [-0.25, -0.2) is 8.42 Å². The summed E-state index contributed by atoms with van der Waals surface area (Å²) >= 11 is 1.29. The van der Waals surface area contributed by atoms with E-state index >= 15 is 0 Å². The van der Waals surface area contributed by atoms with Crippen molar-refractivity contribution in [2.24, 2.45) is 0 Å². The Kier molecular flexibility index (Phi) is 4.24. The van der Waals surface area contributed by atoms with Crippen LogP contribution in [-0.2, 0) is 16.4 Å². The van der Waals surface area contributed by atoms with Crippen molar-refractivity contribution in [3.05, 3.63) is 30.3 Å². The minimum atomic E-state index is -3.16. The van der Waals surface area contributed by atoms with Gasteiger partial charge in [0.1, 0.15) is 0 Å². The zero-order valence-electron chi connectivity index (χ0n) is 12.1. The van der Waals surface area contributed by atoms with Crippen molar-refractivity contribution in [1.82, 2.24) is 14.8 Å². The summed E-state index contributed by atoms with van der Waals surface area (Å²) in [5.41, 5.74) is 0.961. The highest BCUT2D eigenvalue weighted by Crippen LogP contribution is 2.32. The molecule has 0 spiro atoms. The van der Waals surface area contributed by atoms with E-state index in [2.05, 4.69) is 10.2 Å². The van der Waals surface area contributed by atoms with E-state index in [1.54, 1.807) is 0 Å². The van der Waals surface area contributed by atoms with Gasteiger partial charge < -0.3 is 9.67 Å². The number of aliphatic hydroxyl groups excluding tert-OH is 1. The van der Waals surface area contributed by atoms with Crippen molar-refractivity contribution in [3.63, 3.8) is 0 Å². The Hall–Kier alpha value is -1.38. The predicted molar refractivity (Wildman–Crippen MR) is 85.4 cm³/mol. The van der Waals surface area contributed by atoms with Gasteiger partial charge in [0.15, 0.2) is 20.8 Å². The first-order valence-electron chi connectivity index (χ1n) is 7.04. The van der Waals surface area contributed by atoms with Gasteiger partial charge in [-0.15, -0.1) is 10.2 Å². The molecule has 0 saturated carbocycles. The molecule has 2 atom stereocenters. The van der Waals surface area contributed by atoms with Gasteiger partial charge in [0.25, 0.3) is 0 Å². The van der Waals surface area contributed by atoms with Crippen molar-refractivity contribution >= 4 is 21.6 Å². The van der Waals surface area contributed by atoms with Crippen molar-refractivity contribution in [2.45, 2.75) is 30.0 Å². The highest BCUT2D eigenvalue weighted by molar-refractivity contribution is 8.01. The van der Waals surface area contributed by atoms with Crippen LogP contribution < -0.4 is 0 Å². The predicted octanol–water partition coefficient (Wildman–Crippen LogP) is 1.22. The highest BCUT2D eigenvalue weighted by Gasteiger charge is 2.38. The molecule has 118 valence electrons. The topological polar surface area (TPSA) is 85.1 Å². The summed E-state index contributed by atoms with van der Waals surface area (Å²) in [5, 5.41) is 18.6. The van der Waals surface area contributed by atoms with Crippen LogP contribution in [0.25, 0.3) is 11.4 Å². The Morgan fingerprint density at radius 3 is 2.59 bits per heavy atom. The van der Waals surface area contributed by atoms with Gasteiger partial charge in [-0.2, -0.15) is 0 Å². The van der Waals surface area contributed by atoms with Gasteiger partial charge in [0.05, 0.1) is 22.9 Å². The Bertz CT molecular complexity index is 759. The van der Waals surface area contributed by atoms with Gasteiger partial charge in [-0.05, 0) is 6.92 Å². The van der Waals surface area contributed by atoms with Crippen LogP contribution in [-0.4, -0.2) is 51.1 Å². The van der Waals surface area contributed by atoms with E-state index in [-0.39, 0.29) is 16.8 Å². The molecule has 0 amide bonds. The number of hydrogen-bond donors (Lipinski definition) is 1. The fourth-order valence-electron chi connectivity index (χ4n) is 2.51. The van der Waals surface area contributed by atoms with E-state index in [1.165, 1.54) is 11.8 Å². The largest absolute Gasteiger partial charge is 0.391 e. The van der Waals surface area contributed by atoms with Crippen LogP contribution in [0.4, 0.5) is 0 Å². The molecular weight excluding hydrogens is 322 g/mol. The standard InChI is InChI=1S/C14H17N3O3S2/c1-2-17-13(10-6-4-3-5-7-10)15-16-14(17)21-12-9-22(19,20)8-11(12)18/h3-7,11-12,18H,2,8-9H2,1H3/t11-,12+/m0/s1. The molecule has 0 unspecified atom stereocenters. The summed E-state index contributed by atoms with van der Waals surface area (Å²) < 4.78 is 25.2. The average molecular weight is 339 g/mol. The van der Waals surface area contributed by atoms with Crippen LogP contribution in [0.5, 0.6) is 0 Å². The van der Waals surface area contributed by atoms with Crippen molar-refractivity contribution in [1.29, 1.82) is 0 Å². The van der Waals surface area contributed by atoms with Crippen LogP contribution in [0.3, 0.4) is 0 Å². The van der Waals surface area contributed by atoms with E-state index in [0.717, 1.165) is 11.4 Å². The van der Waals surface area contributed by atoms with Gasteiger partial charge in [-0.1, -0.05) is 42.1 Å². The molecule has 0 aliphatic carbocycles. The highest BCUT2D eigenvalue weighted by atomic mass is 32.2. The molecular formula is C14H17N3O3S2. The second kappa shape index (κ2) is 6.02. The van der Waals surface area contributed by atoms with Crippen molar-refractivity contribution in [2.75, 3.05) is 11.5 Å². The third-order valence-electron chi connectivity index (χ3n) is 3.59. The molecule has 1 N–H and O–H groups in total. The third-order valence-corrected chi connectivity index (χ3v) is 6.82. The lowest BCUT2D eigenvalue weighted by atomic mass is 10.2. The number of hydrogen-bond acceptors (Lipinski definition) is 6.